The van der Waals surface area contributed by atoms with E-state index in [1.165, 1.54) is 19.2 Å². The number of halogens is 5. The SMILES string of the molecule is COc1nc(-c2cccc(-c3cccc(Nc4nc(C(F)(F)F)cc5cnn(C)c(=O)c45)c3Cl)c2Cl)cc2c1[C@H](N1CC[C-](CCN[C-]=O)C1)CC2.[Mn+2]. The molecule has 7 rings (SSSR count). The molecule has 5 aromatic rings. The third-order valence-corrected chi connectivity index (χ3v) is 10.5. The Kier molecular flexibility index (Phi) is 11.4. The number of aryl methyl sites for hydroxylation is 2. The first-order valence-electron chi connectivity index (χ1n) is 16.5. The number of nitrogens with one attached hydrogen (secondary N) is 2. The Bertz CT molecular complexity index is 2260. The van der Waals surface area contributed by atoms with Gasteiger partial charge in [-0.3, -0.25) is 10.7 Å². The number of carbonyl (C=O) groups excluding carboxylic acids is 1. The zero-order chi connectivity index (χ0) is 36.7. The second kappa shape index (κ2) is 15.6. The van der Waals surface area contributed by atoms with E-state index in [2.05, 4.69) is 25.6 Å². The molecule has 0 bridgehead atoms. The second-order valence-electron chi connectivity index (χ2n) is 12.7. The van der Waals surface area contributed by atoms with Crippen molar-refractivity contribution in [3.8, 4) is 28.3 Å². The topological polar surface area (TPSA) is 114 Å². The number of methoxy groups -OCH3 is 1. The minimum atomic E-state index is -4.77. The molecule has 2 aromatic carbocycles. The molecule has 0 unspecified atom stereocenters. The molecule has 1 radical (unpaired) electrons. The summed E-state index contributed by atoms with van der Waals surface area (Å²) in [4.78, 5) is 34.7. The molecule has 275 valence electrons. The van der Waals surface area contributed by atoms with Gasteiger partial charge in [0.1, 0.15) is 11.5 Å². The Morgan fingerprint density at radius 2 is 1.81 bits per heavy atom. The van der Waals surface area contributed by atoms with Crippen molar-refractivity contribution in [3.05, 3.63) is 97.9 Å². The Labute approximate surface area is 323 Å². The molecule has 10 nitrogen and oxygen atoms in total. The van der Waals surface area contributed by atoms with Gasteiger partial charge in [0, 0.05) is 40.7 Å². The van der Waals surface area contributed by atoms with Crippen molar-refractivity contribution in [3.63, 3.8) is 0 Å². The van der Waals surface area contributed by atoms with Crippen LogP contribution in [0, 0.1) is 5.92 Å². The van der Waals surface area contributed by atoms with Crippen LogP contribution >= 0.6 is 23.2 Å². The molecule has 53 heavy (non-hydrogen) atoms. The van der Waals surface area contributed by atoms with Crippen LogP contribution in [-0.2, 0) is 41.5 Å². The van der Waals surface area contributed by atoms with Crippen LogP contribution in [0.15, 0.2) is 59.5 Å². The Morgan fingerprint density at radius 1 is 1.08 bits per heavy atom. The average molecular weight is 806 g/mol. The van der Waals surface area contributed by atoms with E-state index in [1.807, 2.05) is 18.2 Å². The van der Waals surface area contributed by atoms with Gasteiger partial charge in [-0.25, -0.2) is 14.6 Å². The van der Waals surface area contributed by atoms with Gasteiger partial charge in [0.05, 0.1) is 40.1 Å². The molecular weight excluding hydrogens is 773 g/mol. The van der Waals surface area contributed by atoms with Crippen LogP contribution in [0.4, 0.5) is 24.7 Å². The number of anilines is 2. The number of likely N-dealkylation sites (tertiary alicyclic amines) is 1. The van der Waals surface area contributed by atoms with Crippen LogP contribution in [-0.4, -0.2) is 57.8 Å². The van der Waals surface area contributed by atoms with E-state index in [4.69, 9.17) is 32.9 Å². The number of benzene rings is 2. The molecule has 2 aliphatic rings. The number of hydrogen-bond acceptors (Lipinski definition) is 8. The zero-order valence-corrected chi connectivity index (χ0v) is 31.1. The van der Waals surface area contributed by atoms with Crippen LogP contribution < -0.4 is 20.9 Å². The molecule has 1 aliphatic heterocycles. The largest absolute Gasteiger partial charge is 2.00 e. The number of hydrogen-bond donors (Lipinski definition) is 2. The normalized spacial score (nSPS) is 16.0. The van der Waals surface area contributed by atoms with E-state index in [1.54, 1.807) is 37.8 Å². The second-order valence-corrected chi connectivity index (χ2v) is 13.5. The van der Waals surface area contributed by atoms with Crippen LogP contribution in [0.5, 0.6) is 5.88 Å². The molecule has 16 heteroatoms. The number of ether oxygens (including phenoxy) is 1. The van der Waals surface area contributed by atoms with Crippen molar-refractivity contribution in [1.29, 1.82) is 0 Å². The van der Waals surface area contributed by atoms with E-state index in [9.17, 15) is 22.8 Å². The maximum Gasteiger partial charge on any atom is 2.00 e. The fourth-order valence-electron chi connectivity index (χ4n) is 7.14. The van der Waals surface area contributed by atoms with Crippen LogP contribution in [0.3, 0.4) is 0 Å². The summed E-state index contributed by atoms with van der Waals surface area (Å²) >= 11 is 14.0. The third-order valence-electron chi connectivity index (χ3n) is 9.65. The van der Waals surface area contributed by atoms with Crippen molar-refractivity contribution in [1.82, 2.24) is 30.0 Å². The van der Waals surface area contributed by atoms with Crippen molar-refractivity contribution >= 4 is 51.9 Å². The minimum Gasteiger partial charge on any atom is -0.532 e. The molecule has 2 N–H and O–H groups in total. The molecule has 1 atom stereocenters. The standard InChI is InChI=1S/C37H32Cl2F3N7O3.Mn/c1-48-36(51)31-22(17-44-48)16-29(37(40,41)42)47-34(31)45-26-8-4-6-24(33(26)39)23-5-3-7-25(32(23)38)27-15-21-9-10-28(30(21)35(46-27)52-2)49-14-12-20(18-49)11-13-43-19-50;/h3-8,15-17,28H,9-14,18H2,1-2H3,(H,43,50)(H,45,47);/q-2;+2/t28-;/m1./s1. The van der Waals surface area contributed by atoms with Gasteiger partial charge in [0.25, 0.3) is 5.56 Å². The number of alkyl halides is 3. The van der Waals surface area contributed by atoms with Gasteiger partial charge in [0.2, 0.25) is 5.88 Å². The first kappa shape index (κ1) is 38.5. The summed E-state index contributed by atoms with van der Waals surface area (Å²) in [6, 6.07) is 13.5. The molecule has 1 fully saturated rings. The monoisotopic (exact) mass is 804 g/mol. The Balaban J connectivity index is 0.00000481. The third kappa shape index (κ3) is 7.48. The number of nitrogens with zero attached hydrogens (tertiary/aromatic N) is 5. The maximum atomic E-state index is 13.8. The molecule has 1 amide bonds. The fraction of sp³-hybridized carbons (Fsp3) is 0.297. The Morgan fingerprint density at radius 3 is 2.55 bits per heavy atom. The van der Waals surface area contributed by atoms with Crippen molar-refractivity contribution in [2.75, 3.05) is 32.1 Å². The summed E-state index contributed by atoms with van der Waals surface area (Å²) in [6.45, 7) is 2.36. The Hall–Kier alpha value is -4.20. The van der Waals surface area contributed by atoms with Gasteiger partial charge in [-0.15, -0.1) is 6.54 Å². The van der Waals surface area contributed by atoms with Crippen molar-refractivity contribution in [2.45, 2.75) is 37.9 Å². The molecule has 0 spiro atoms. The van der Waals surface area contributed by atoms with E-state index in [0.29, 0.717) is 39.8 Å². The summed E-state index contributed by atoms with van der Waals surface area (Å²) in [5.74, 6) is 1.62. The van der Waals surface area contributed by atoms with Gasteiger partial charge in [-0.05, 0) is 49.7 Å². The van der Waals surface area contributed by atoms with Crippen LogP contribution in [0.1, 0.15) is 42.1 Å². The molecular formula is C37H32Cl2F3MnN7O3. The van der Waals surface area contributed by atoms with Crippen LogP contribution in [0.25, 0.3) is 33.2 Å². The molecule has 3 aromatic heterocycles. The zero-order valence-electron chi connectivity index (χ0n) is 28.5. The number of fused-ring (bicyclic) bond motifs is 2. The number of pyridine rings is 2. The van der Waals surface area contributed by atoms with E-state index in [0.717, 1.165) is 60.6 Å². The quantitative estimate of drug-likeness (QED) is 0.0649. The first-order valence-corrected chi connectivity index (χ1v) is 17.3. The van der Waals surface area contributed by atoms with E-state index >= 15 is 0 Å². The summed E-state index contributed by atoms with van der Waals surface area (Å²) in [6.07, 6.45) is 1.71. The predicted octanol–water partition coefficient (Wildman–Crippen LogP) is 7.45. The minimum absolute atomic E-state index is 0. The molecule has 4 heterocycles. The van der Waals surface area contributed by atoms with Gasteiger partial charge < -0.3 is 25.1 Å². The van der Waals surface area contributed by atoms with E-state index < -0.39 is 17.4 Å². The van der Waals surface area contributed by atoms with Gasteiger partial charge >= 0.3 is 23.2 Å². The number of aromatic nitrogens is 4. The fourth-order valence-corrected chi connectivity index (χ4v) is 7.74. The number of amides is 1. The van der Waals surface area contributed by atoms with Gasteiger partial charge in [-0.2, -0.15) is 37.5 Å². The summed E-state index contributed by atoms with van der Waals surface area (Å²) in [5, 5.41) is 9.80. The molecule has 1 saturated heterocycles. The first-order chi connectivity index (χ1) is 25.0. The average Bonchev–Trinajstić information content (AvgIpc) is 3.77. The maximum absolute atomic E-state index is 13.8. The number of rotatable bonds is 10. The summed E-state index contributed by atoms with van der Waals surface area (Å²) in [7, 11) is 3.00. The van der Waals surface area contributed by atoms with E-state index in [-0.39, 0.29) is 50.4 Å². The summed E-state index contributed by atoms with van der Waals surface area (Å²) < 4.78 is 48.3. The van der Waals surface area contributed by atoms with Gasteiger partial charge in [0.15, 0.2) is 0 Å². The smallest absolute Gasteiger partial charge is 0.532 e. The molecule has 0 saturated carbocycles. The predicted molar refractivity (Wildman–Crippen MR) is 194 cm³/mol. The van der Waals surface area contributed by atoms with Crippen molar-refractivity contribution in [2.24, 2.45) is 7.05 Å². The summed E-state index contributed by atoms with van der Waals surface area (Å²) in [5.41, 5.74) is 2.95. The molecule has 1 aliphatic carbocycles. The van der Waals surface area contributed by atoms with Gasteiger partial charge in [-0.1, -0.05) is 53.5 Å². The van der Waals surface area contributed by atoms with Crippen LogP contribution in [0.2, 0.25) is 10.0 Å². The van der Waals surface area contributed by atoms with Crippen molar-refractivity contribution < 1.29 is 39.8 Å².